The van der Waals surface area contributed by atoms with Gasteiger partial charge in [0.1, 0.15) is 0 Å². The molecule has 0 saturated heterocycles. The summed E-state index contributed by atoms with van der Waals surface area (Å²) in [6.07, 6.45) is 4.18. The van der Waals surface area contributed by atoms with Gasteiger partial charge in [-0.3, -0.25) is 4.79 Å². The fourth-order valence-electron chi connectivity index (χ4n) is 1.57. The van der Waals surface area contributed by atoms with Gasteiger partial charge < -0.3 is 10.6 Å². The van der Waals surface area contributed by atoms with Gasteiger partial charge in [0.25, 0.3) is 0 Å². The van der Waals surface area contributed by atoms with Gasteiger partial charge in [-0.25, -0.2) is 4.98 Å². The average Bonchev–Trinajstić information content (AvgIpc) is 3.08. The fourth-order valence-corrected chi connectivity index (χ4v) is 1.82. The number of nitrogens with zero attached hydrogens (tertiary/aromatic N) is 1. The first kappa shape index (κ1) is 12.3. The van der Waals surface area contributed by atoms with Crippen LogP contribution in [0.4, 0.5) is 5.69 Å². The molecule has 0 aliphatic heterocycles. The van der Waals surface area contributed by atoms with Crippen LogP contribution in [-0.2, 0) is 4.79 Å². The summed E-state index contributed by atoms with van der Waals surface area (Å²) >= 11 is 5.92. The molecule has 1 aliphatic carbocycles. The minimum absolute atomic E-state index is 0.0800. The maximum atomic E-state index is 11.7. The van der Waals surface area contributed by atoms with Crippen molar-refractivity contribution in [2.45, 2.75) is 19.8 Å². The van der Waals surface area contributed by atoms with E-state index in [1.807, 2.05) is 13.0 Å². The highest BCUT2D eigenvalue weighted by Crippen LogP contribution is 2.27. The van der Waals surface area contributed by atoms with E-state index in [4.69, 9.17) is 11.6 Å². The molecule has 1 aromatic rings. The van der Waals surface area contributed by atoms with Crippen LogP contribution in [-0.4, -0.2) is 24.0 Å². The molecule has 1 aromatic heterocycles. The Morgan fingerprint density at radius 2 is 2.35 bits per heavy atom. The topological polar surface area (TPSA) is 54.0 Å². The number of carbonyl (C=O) groups excluding carboxylic acids is 1. The van der Waals surface area contributed by atoms with E-state index in [0.717, 1.165) is 18.0 Å². The lowest BCUT2D eigenvalue weighted by atomic mass is 10.2. The second-order valence-electron chi connectivity index (χ2n) is 4.42. The predicted octanol–water partition coefficient (Wildman–Crippen LogP) is 1.98. The van der Waals surface area contributed by atoms with Gasteiger partial charge in [-0.1, -0.05) is 11.6 Å². The number of aryl methyl sites for hydroxylation is 1. The zero-order valence-electron chi connectivity index (χ0n) is 9.79. The van der Waals surface area contributed by atoms with Gasteiger partial charge in [-0.2, -0.15) is 0 Å². The molecule has 17 heavy (non-hydrogen) atoms. The van der Waals surface area contributed by atoms with Crippen molar-refractivity contribution < 1.29 is 4.79 Å². The molecule has 92 valence electrons. The fraction of sp³-hybridized carbons (Fsp3) is 0.500. The van der Waals surface area contributed by atoms with Gasteiger partial charge in [-0.15, -0.1) is 0 Å². The SMILES string of the molecule is Cc1ccnc(Cl)c1NC(=O)CNCC1CC1. The van der Waals surface area contributed by atoms with E-state index in [-0.39, 0.29) is 5.91 Å². The molecular formula is C12H16ClN3O. The second-order valence-corrected chi connectivity index (χ2v) is 4.77. The average molecular weight is 254 g/mol. The summed E-state index contributed by atoms with van der Waals surface area (Å²) in [5, 5.41) is 6.24. The number of amides is 1. The molecule has 4 nitrogen and oxygen atoms in total. The number of pyridine rings is 1. The van der Waals surface area contributed by atoms with Gasteiger partial charge in [0, 0.05) is 6.20 Å². The Balaban J connectivity index is 1.84. The van der Waals surface area contributed by atoms with Crippen LogP contribution >= 0.6 is 11.6 Å². The molecule has 1 amide bonds. The largest absolute Gasteiger partial charge is 0.322 e. The van der Waals surface area contributed by atoms with Crippen LogP contribution in [0.25, 0.3) is 0 Å². The highest BCUT2D eigenvalue weighted by Gasteiger charge is 2.20. The van der Waals surface area contributed by atoms with Gasteiger partial charge in [0.15, 0.2) is 5.15 Å². The Labute approximate surface area is 106 Å². The summed E-state index contributed by atoms with van der Waals surface area (Å²) in [6.45, 7) is 3.13. The first-order valence-electron chi connectivity index (χ1n) is 5.78. The number of nitrogens with one attached hydrogen (secondary N) is 2. The normalized spacial score (nSPS) is 14.7. The molecular weight excluding hydrogens is 238 g/mol. The molecule has 0 atom stereocenters. The summed E-state index contributed by atoms with van der Waals surface area (Å²) in [5.74, 6) is 0.690. The number of hydrogen-bond acceptors (Lipinski definition) is 3. The summed E-state index contributed by atoms with van der Waals surface area (Å²) in [6, 6.07) is 1.82. The van der Waals surface area contributed by atoms with Crippen molar-refractivity contribution in [2.75, 3.05) is 18.4 Å². The van der Waals surface area contributed by atoms with Crippen molar-refractivity contribution in [3.63, 3.8) is 0 Å². The molecule has 0 bridgehead atoms. The molecule has 5 heteroatoms. The van der Waals surface area contributed by atoms with E-state index in [1.165, 1.54) is 12.8 Å². The highest BCUT2D eigenvalue weighted by atomic mass is 35.5. The first-order valence-corrected chi connectivity index (χ1v) is 6.16. The molecule has 2 N–H and O–H groups in total. The van der Waals surface area contributed by atoms with E-state index in [2.05, 4.69) is 15.6 Å². The predicted molar refractivity (Wildman–Crippen MR) is 68.2 cm³/mol. The Morgan fingerprint density at radius 1 is 1.59 bits per heavy atom. The quantitative estimate of drug-likeness (QED) is 0.789. The molecule has 0 aromatic carbocycles. The number of hydrogen-bond donors (Lipinski definition) is 2. The zero-order valence-corrected chi connectivity index (χ0v) is 10.5. The van der Waals surface area contributed by atoms with Crippen LogP contribution in [0.1, 0.15) is 18.4 Å². The van der Waals surface area contributed by atoms with Gasteiger partial charge in [-0.05, 0) is 43.9 Å². The van der Waals surface area contributed by atoms with Crippen molar-refractivity contribution >= 4 is 23.2 Å². The van der Waals surface area contributed by atoms with Gasteiger partial charge >= 0.3 is 0 Å². The second kappa shape index (κ2) is 5.47. The lowest BCUT2D eigenvalue weighted by Crippen LogP contribution is -2.29. The molecule has 0 radical (unpaired) electrons. The van der Waals surface area contributed by atoms with Gasteiger partial charge in [0.2, 0.25) is 5.91 Å². The van der Waals surface area contributed by atoms with Gasteiger partial charge in [0.05, 0.1) is 12.2 Å². The molecule has 0 spiro atoms. The number of aromatic nitrogens is 1. The monoisotopic (exact) mass is 253 g/mol. The number of rotatable bonds is 5. The summed E-state index contributed by atoms with van der Waals surface area (Å²) in [4.78, 5) is 15.6. The summed E-state index contributed by atoms with van der Waals surface area (Å²) < 4.78 is 0. The Kier molecular flexibility index (Phi) is 3.97. The highest BCUT2D eigenvalue weighted by molar-refractivity contribution is 6.32. The molecule has 1 fully saturated rings. The Hall–Kier alpha value is -1.13. The maximum Gasteiger partial charge on any atom is 0.238 e. The smallest absolute Gasteiger partial charge is 0.238 e. The van der Waals surface area contributed by atoms with Crippen LogP contribution in [0.2, 0.25) is 5.15 Å². The third-order valence-corrected chi connectivity index (χ3v) is 3.08. The third-order valence-electron chi connectivity index (χ3n) is 2.79. The van der Waals surface area contributed by atoms with E-state index in [0.29, 0.717) is 17.4 Å². The van der Waals surface area contributed by atoms with Crippen LogP contribution in [0.5, 0.6) is 0 Å². The first-order chi connectivity index (χ1) is 8.16. The van der Waals surface area contributed by atoms with E-state index in [1.54, 1.807) is 6.20 Å². The zero-order chi connectivity index (χ0) is 12.3. The Morgan fingerprint density at radius 3 is 3.00 bits per heavy atom. The van der Waals surface area contributed by atoms with E-state index in [9.17, 15) is 4.79 Å². The van der Waals surface area contributed by atoms with Crippen molar-refractivity contribution in [1.82, 2.24) is 10.3 Å². The minimum Gasteiger partial charge on any atom is -0.322 e. The van der Waals surface area contributed by atoms with Crippen LogP contribution < -0.4 is 10.6 Å². The van der Waals surface area contributed by atoms with Crippen LogP contribution in [0.3, 0.4) is 0 Å². The van der Waals surface area contributed by atoms with Crippen LogP contribution in [0.15, 0.2) is 12.3 Å². The Bertz CT molecular complexity index is 398. The molecule has 2 rings (SSSR count). The van der Waals surface area contributed by atoms with Crippen molar-refractivity contribution in [2.24, 2.45) is 5.92 Å². The summed E-state index contributed by atoms with van der Waals surface area (Å²) in [5.41, 5.74) is 1.52. The number of carbonyl (C=O) groups is 1. The maximum absolute atomic E-state index is 11.7. The van der Waals surface area contributed by atoms with Crippen molar-refractivity contribution in [3.05, 3.63) is 23.0 Å². The molecule has 0 unspecified atom stereocenters. The van der Waals surface area contributed by atoms with E-state index < -0.39 is 0 Å². The number of halogens is 1. The lowest BCUT2D eigenvalue weighted by molar-refractivity contribution is -0.115. The standard InChI is InChI=1S/C12H16ClN3O/c1-8-4-5-15-12(13)11(8)16-10(17)7-14-6-9-2-3-9/h4-5,9,14H,2-3,6-7H2,1H3,(H,16,17). The number of anilines is 1. The van der Waals surface area contributed by atoms with Crippen molar-refractivity contribution in [1.29, 1.82) is 0 Å². The van der Waals surface area contributed by atoms with Crippen molar-refractivity contribution in [3.8, 4) is 0 Å². The minimum atomic E-state index is -0.0800. The lowest BCUT2D eigenvalue weighted by Gasteiger charge is -2.09. The third kappa shape index (κ3) is 3.68. The van der Waals surface area contributed by atoms with Crippen LogP contribution in [0, 0.1) is 12.8 Å². The summed E-state index contributed by atoms with van der Waals surface area (Å²) in [7, 11) is 0. The molecule has 1 aliphatic rings. The molecule has 1 saturated carbocycles. The molecule has 1 heterocycles. The van der Waals surface area contributed by atoms with E-state index >= 15 is 0 Å².